The van der Waals surface area contributed by atoms with Gasteiger partial charge in [-0.15, -0.1) is 0 Å². The molecule has 1 fully saturated rings. The van der Waals surface area contributed by atoms with Gasteiger partial charge in [0.15, 0.2) is 5.96 Å². The Kier molecular flexibility index (Phi) is 8.37. The van der Waals surface area contributed by atoms with Gasteiger partial charge in [-0.05, 0) is 43.7 Å². The van der Waals surface area contributed by atoms with Gasteiger partial charge >= 0.3 is 0 Å². The quantitative estimate of drug-likeness (QED) is 0.406. The molecule has 0 atom stereocenters. The Balaban J connectivity index is 1.52. The third-order valence-corrected chi connectivity index (χ3v) is 6.89. The molecule has 0 amide bonds. The van der Waals surface area contributed by atoms with Crippen LogP contribution in [0.1, 0.15) is 37.8 Å². The maximum atomic E-state index is 11.4. The Morgan fingerprint density at radius 3 is 2.68 bits per heavy atom. The standard InChI is InChI=1S/C23H37N5O2S/c1-4-18-7-6-8-21-19(17-26-22(18)21)9-12-25-23(24-5-2)27-20-10-13-28(14-11-20)15-16-31(3,29)30/h6-8,17,20,26H,4-5,9-16H2,1-3H3,(H2,24,25,27). The van der Waals surface area contributed by atoms with Gasteiger partial charge in [0.2, 0.25) is 0 Å². The number of fused-ring (bicyclic) bond motifs is 1. The maximum absolute atomic E-state index is 11.4. The van der Waals surface area contributed by atoms with Crippen molar-refractivity contribution in [3.8, 4) is 0 Å². The lowest BCUT2D eigenvalue weighted by molar-refractivity contribution is 0.216. The molecule has 3 N–H and O–H groups in total. The van der Waals surface area contributed by atoms with Crippen LogP contribution in [-0.2, 0) is 22.7 Å². The second-order valence-electron chi connectivity index (χ2n) is 8.41. The fourth-order valence-corrected chi connectivity index (χ4v) is 4.76. The number of guanidine groups is 1. The molecule has 31 heavy (non-hydrogen) atoms. The fraction of sp³-hybridized carbons (Fsp3) is 0.609. The summed E-state index contributed by atoms with van der Waals surface area (Å²) in [4.78, 5) is 10.5. The fourth-order valence-electron chi connectivity index (χ4n) is 4.17. The number of aliphatic imine (C=N–C) groups is 1. The summed E-state index contributed by atoms with van der Waals surface area (Å²) in [6.45, 7) is 8.28. The van der Waals surface area contributed by atoms with Crippen LogP contribution in [0.2, 0.25) is 0 Å². The molecule has 8 heteroatoms. The zero-order chi connectivity index (χ0) is 22.3. The summed E-state index contributed by atoms with van der Waals surface area (Å²) in [5, 5.41) is 8.23. The van der Waals surface area contributed by atoms with Crippen LogP contribution in [0, 0.1) is 0 Å². The third kappa shape index (κ3) is 6.97. The van der Waals surface area contributed by atoms with Gasteiger partial charge < -0.3 is 20.5 Å². The number of aryl methyl sites for hydroxylation is 1. The van der Waals surface area contributed by atoms with Crippen molar-refractivity contribution in [1.82, 2.24) is 20.5 Å². The van der Waals surface area contributed by atoms with E-state index in [4.69, 9.17) is 4.99 Å². The molecule has 1 aliphatic rings. The smallest absolute Gasteiger partial charge is 0.191 e. The van der Waals surface area contributed by atoms with E-state index in [1.165, 1.54) is 28.3 Å². The average molecular weight is 448 g/mol. The maximum Gasteiger partial charge on any atom is 0.191 e. The molecule has 0 aliphatic carbocycles. The highest BCUT2D eigenvalue weighted by Crippen LogP contribution is 2.22. The number of para-hydroxylation sites is 1. The normalized spacial score (nSPS) is 16.7. The summed E-state index contributed by atoms with van der Waals surface area (Å²) in [6.07, 6.45) is 7.34. The first-order valence-electron chi connectivity index (χ1n) is 11.4. The molecular weight excluding hydrogens is 410 g/mol. The monoisotopic (exact) mass is 447 g/mol. The molecule has 2 heterocycles. The molecule has 1 saturated heterocycles. The summed E-state index contributed by atoms with van der Waals surface area (Å²) in [7, 11) is -2.90. The van der Waals surface area contributed by atoms with Crippen LogP contribution in [0.5, 0.6) is 0 Å². The van der Waals surface area contributed by atoms with Gasteiger partial charge in [-0.1, -0.05) is 25.1 Å². The van der Waals surface area contributed by atoms with Crippen LogP contribution >= 0.6 is 0 Å². The lowest BCUT2D eigenvalue weighted by Crippen LogP contribution is -2.49. The first-order chi connectivity index (χ1) is 14.9. The minimum absolute atomic E-state index is 0.239. The number of sulfone groups is 1. The van der Waals surface area contributed by atoms with Crippen LogP contribution in [0.15, 0.2) is 29.4 Å². The summed E-state index contributed by atoms with van der Waals surface area (Å²) in [6, 6.07) is 6.87. The van der Waals surface area contributed by atoms with Gasteiger partial charge in [0.1, 0.15) is 9.84 Å². The van der Waals surface area contributed by atoms with Crippen molar-refractivity contribution < 1.29 is 8.42 Å². The Bertz CT molecular complexity index is 975. The van der Waals surface area contributed by atoms with Crippen LogP contribution in [-0.4, -0.2) is 75.0 Å². The molecule has 1 aromatic carbocycles. The number of rotatable bonds is 9. The van der Waals surface area contributed by atoms with E-state index in [0.29, 0.717) is 12.6 Å². The van der Waals surface area contributed by atoms with Gasteiger partial charge in [-0.3, -0.25) is 4.99 Å². The number of aromatic amines is 1. The highest BCUT2D eigenvalue weighted by molar-refractivity contribution is 7.90. The van der Waals surface area contributed by atoms with E-state index in [1.807, 2.05) is 0 Å². The van der Waals surface area contributed by atoms with E-state index in [0.717, 1.165) is 57.8 Å². The van der Waals surface area contributed by atoms with Crippen molar-refractivity contribution >= 4 is 26.7 Å². The van der Waals surface area contributed by atoms with Gasteiger partial charge in [0, 0.05) is 62.1 Å². The number of aromatic nitrogens is 1. The lowest BCUT2D eigenvalue weighted by Gasteiger charge is -2.32. The molecule has 2 aromatic rings. The highest BCUT2D eigenvalue weighted by atomic mass is 32.2. The highest BCUT2D eigenvalue weighted by Gasteiger charge is 2.20. The third-order valence-electron chi connectivity index (χ3n) is 5.97. The van der Waals surface area contributed by atoms with Crippen molar-refractivity contribution in [1.29, 1.82) is 0 Å². The topological polar surface area (TPSA) is 89.6 Å². The predicted octanol–water partition coefficient (Wildman–Crippen LogP) is 2.34. The molecule has 1 aliphatic heterocycles. The number of H-pyrrole nitrogens is 1. The average Bonchev–Trinajstić information content (AvgIpc) is 3.16. The first-order valence-corrected chi connectivity index (χ1v) is 13.5. The van der Waals surface area contributed by atoms with Crippen LogP contribution in [0.3, 0.4) is 0 Å². The van der Waals surface area contributed by atoms with E-state index in [9.17, 15) is 8.42 Å². The largest absolute Gasteiger partial charge is 0.361 e. The zero-order valence-corrected chi connectivity index (χ0v) is 19.9. The Morgan fingerprint density at radius 2 is 2.00 bits per heavy atom. The Hall–Kier alpha value is -2.06. The molecule has 0 saturated carbocycles. The minimum Gasteiger partial charge on any atom is -0.361 e. The van der Waals surface area contributed by atoms with Crippen molar-refractivity contribution in [2.45, 2.75) is 45.6 Å². The Morgan fingerprint density at radius 1 is 1.23 bits per heavy atom. The Labute approximate surface area is 186 Å². The second kappa shape index (κ2) is 11.0. The molecule has 0 spiro atoms. The van der Waals surface area contributed by atoms with Crippen molar-refractivity contribution in [2.75, 3.05) is 44.7 Å². The molecule has 0 unspecified atom stereocenters. The summed E-state index contributed by atoms with van der Waals surface area (Å²) >= 11 is 0. The predicted molar refractivity (Wildman–Crippen MR) is 130 cm³/mol. The van der Waals surface area contributed by atoms with Crippen molar-refractivity contribution in [3.05, 3.63) is 35.5 Å². The number of nitrogens with zero attached hydrogens (tertiary/aromatic N) is 2. The number of piperidine rings is 1. The van der Waals surface area contributed by atoms with E-state index in [-0.39, 0.29) is 5.75 Å². The van der Waals surface area contributed by atoms with Crippen molar-refractivity contribution in [2.24, 2.45) is 4.99 Å². The SMILES string of the molecule is CCNC(=NCCc1c[nH]c2c(CC)cccc12)NC1CCN(CCS(C)(=O)=O)CC1. The van der Waals surface area contributed by atoms with E-state index in [1.54, 1.807) is 0 Å². The van der Waals surface area contributed by atoms with E-state index in [2.05, 4.69) is 58.8 Å². The first kappa shape index (κ1) is 23.6. The number of likely N-dealkylation sites (tertiary alicyclic amines) is 1. The van der Waals surface area contributed by atoms with Gasteiger partial charge in [0.05, 0.1) is 5.75 Å². The van der Waals surface area contributed by atoms with E-state index < -0.39 is 9.84 Å². The summed E-state index contributed by atoms with van der Waals surface area (Å²) < 4.78 is 22.8. The number of nitrogens with one attached hydrogen (secondary N) is 3. The number of hydrogen-bond donors (Lipinski definition) is 3. The molecule has 0 bridgehead atoms. The second-order valence-corrected chi connectivity index (χ2v) is 10.7. The van der Waals surface area contributed by atoms with E-state index >= 15 is 0 Å². The van der Waals surface area contributed by atoms with Crippen LogP contribution in [0.4, 0.5) is 0 Å². The summed E-state index contributed by atoms with van der Waals surface area (Å²) in [5.41, 5.74) is 3.91. The van der Waals surface area contributed by atoms with Crippen LogP contribution < -0.4 is 10.6 Å². The molecule has 172 valence electrons. The lowest BCUT2D eigenvalue weighted by atomic mass is 10.1. The summed E-state index contributed by atoms with van der Waals surface area (Å²) in [5.74, 6) is 1.11. The molecular formula is C23H37N5O2S. The van der Waals surface area contributed by atoms with Gasteiger partial charge in [-0.25, -0.2) is 8.42 Å². The number of benzene rings is 1. The van der Waals surface area contributed by atoms with Gasteiger partial charge in [-0.2, -0.15) is 0 Å². The van der Waals surface area contributed by atoms with Crippen molar-refractivity contribution in [3.63, 3.8) is 0 Å². The molecule has 3 rings (SSSR count). The number of hydrogen-bond acceptors (Lipinski definition) is 4. The van der Waals surface area contributed by atoms with Crippen LogP contribution in [0.25, 0.3) is 10.9 Å². The molecule has 1 aromatic heterocycles. The molecule has 7 nitrogen and oxygen atoms in total. The van der Waals surface area contributed by atoms with Gasteiger partial charge in [0.25, 0.3) is 0 Å². The minimum atomic E-state index is -2.90. The zero-order valence-electron chi connectivity index (χ0n) is 19.1. The molecule has 0 radical (unpaired) electrons.